The van der Waals surface area contributed by atoms with Gasteiger partial charge in [-0.25, -0.2) is 4.98 Å². The van der Waals surface area contributed by atoms with E-state index in [1.54, 1.807) is 4.90 Å². The number of hydrogen-bond acceptors (Lipinski definition) is 5. The number of aryl methyl sites for hydroxylation is 2. The van der Waals surface area contributed by atoms with Gasteiger partial charge in [-0.05, 0) is 67.3 Å². The van der Waals surface area contributed by atoms with E-state index in [1.165, 1.54) is 17.7 Å². The van der Waals surface area contributed by atoms with Gasteiger partial charge >= 0.3 is 12.1 Å². The number of carbonyl (C=O) groups excluding carboxylic acids is 1. The van der Waals surface area contributed by atoms with E-state index in [0.717, 1.165) is 55.9 Å². The average Bonchev–Trinajstić information content (AvgIpc) is 3.32. The van der Waals surface area contributed by atoms with E-state index in [9.17, 15) is 27.9 Å². The van der Waals surface area contributed by atoms with Crippen LogP contribution in [-0.4, -0.2) is 64.5 Å². The van der Waals surface area contributed by atoms with Gasteiger partial charge in [0.15, 0.2) is 0 Å². The number of anilines is 1. The van der Waals surface area contributed by atoms with Crippen molar-refractivity contribution in [3.63, 3.8) is 0 Å². The lowest BCUT2D eigenvalue weighted by atomic mass is 9.91. The molecule has 2 fully saturated rings. The number of benzene rings is 1. The number of halogens is 3. The number of nitrogens with one attached hydrogen (secondary N) is 1. The van der Waals surface area contributed by atoms with Gasteiger partial charge in [0.1, 0.15) is 11.9 Å². The lowest BCUT2D eigenvalue weighted by Gasteiger charge is -2.41. The van der Waals surface area contributed by atoms with Crippen LogP contribution in [0.5, 0.6) is 0 Å². The van der Waals surface area contributed by atoms with Crippen LogP contribution in [-0.2, 0) is 28.6 Å². The Hall–Kier alpha value is -3.14. The first-order valence-corrected chi connectivity index (χ1v) is 12.8. The molecule has 1 aromatic carbocycles. The molecule has 5 rings (SSSR count). The highest BCUT2D eigenvalue weighted by atomic mass is 19.4. The first kappa shape index (κ1) is 25.5. The van der Waals surface area contributed by atoms with Gasteiger partial charge in [-0.3, -0.25) is 14.5 Å². The third kappa shape index (κ3) is 5.58. The van der Waals surface area contributed by atoms with Gasteiger partial charge in [0.05, 0.1) is 11.5 Å². The molecule has 37 heavy (non-hydrogen) atoms. The number of aliphatic carboxylic acids is 1. The first-order valence-electron chi connectivity index (χ1n) is 12.8. The van der Waals surface area contributed by atoms with E-state index in [0.29, 0.717) is 32.0 Å². The average molecular weight is 517 g/mol. The minimum Gasteiger partial charge on any atom is -0.480 e. The number of rotatable bonds is 7. The Balaban J connectivity index is 1.11. The highest BCUT2D eigenvalue weighted by Gasteiger charge is 2.41. The Bertz CT molecular complexity index is 1150. The van der Waals surface area contributed by atoms with Crippen LogP contribution in [0, 0.1) is 11.8 Å². The summed E-state index contributed by atoms with van der Waals surface area (Å²) in [7, 11) is 0. The number of nitrogens with zero attached hydrogens (tertiary/aromatic N) is 3. The van der Waals surface area contributed by atoms with Crippen molar-refractivity contribution in [3.8, 4) is 0 Å². The fourth-order valence-corrected chi connectivity index (χ4v) is 5.64. The summed E-state index contributed by atoms with van der Waals surface area (Å²) in [5.41, 5.74) is 1.79. The van der Waals surface area contributed by atoms with Crippen molar-refractivity contribution in [1.82, 2.24) is 14.8 Å². The Labute approximate surface area is 213 Å². The molecule has 1 aromatic heterocycles. The molecular weight excluding hydrogens is 485 g/mol. The molecule has 3 aliphatic heterocycles. The van der Waals surface area contributed by atoms with E-state index in [2.05, 4.69) is 17.4 Å². The molecule has 2 atom stereocenters. The first-order chi connectivity index (χ1) is 17.7. The maximum absolute atomic E-state index is 13.0. The fourth-order valence-electron chi connectivity index (χ4n) is 5.64. The minimum absolute atomic E-state index is 0.0337. The maximum Gasteiger partial charge on any atom is 0.416 e. The Kier molecular flexibility index (Phi) is 7.11. The van der Waals surface area contributed by atoms with Crippen LogP contribution in [0.25, 0.3) is 0 Å². The Morgan fingerprint density at radius 3 is 2.57 bits per heavy atom. The molecule has 0 spiro atoms. The summed E-state index contributed by atoms with van der Waals surface area (Å²) < 4.78 is 38.7. The molecule has 2 aromatic rings. The van der Waals surface area contributed by atoms with Gasteiger partial charge in [0, 0.05) is 38.4 Å². The normalized spacial score (nSPS) is 21.2. The van der Waals surface area contributed by atoms with Gasteiger partial charge < -0.3 is 15.3 Å². The monoisotopic (exact) mass is 516 g/mol. The number of alkyl halides is 3. The zero-order valence-electron chi connectivity index (χ0n) is 20.5. The summed E-state index contributed by atoms with van der Waals surface area (Å²) in [6, 6.07) is 7.40. The zero-order chi connectivity index (χ0) is 26.2. The number of hydrogen-bond donors (Lipinski definition) is 2. The topological polar surface area (TPSA) is 85.8 Å². The van der Waals surface area contributed by atoms with Gasteiger partial charge in [0.2, 0.25) is 5.91 Å². The molecule has 0 unspecified atom stereocenters. The van der Waals surface area contributed by atoms with Crippen LogP contribution in [0.15, 0.2) is 36.4 Å². The third-order valence-corrected chi connectivity index (χ3v) is 7.75. The Morgan fingerprint density at radius 2 is 1.86 bits per heavy atom. The maximum atomic E-state index is 13.0. The summed E-state index contributed by atoms with van der Waals surface area (Å²) >= 11 is 0. The van der Waals surface area contributed by atoms with Crippen molar-refractivity contribution in [2.75, 3.05) is 38.0 Å². The number of carbonyl (C=O) groups is 2. The molecule has 10 heteroatoms. The highest BCUT2D eigenvalue weighted by Crippen LogP contribution is 2.34. The van der Waals surface area contributed by atoms with Crippen LogP contribution in [0.1, 0.15) is 47.7 Å². The second kappa shape index (κ2) is 10.3. The molecule has 198 valence electrons. The van der Waals surface area contributed by atoms with Gasteiger partial charge in [-0.1, -0.05) is 18.2 Å². The molecule has 2 saturated heterocycles. The molecule has 0 radical (unpaired) electrons. The lowest BCUT2D eigenvalue weighted by molar-refractivity contribution is -0.145. The molecule has 3 aliphatic rings. The molecule has 7 nitrogen and oxygen atoms in total. The van der Waals surface area contributed by atoms with E-state index < -0.39 is 23.8 Å². The molecule has 2 N–H and O–H groups in total. The lowest BCUT2D eigenvalue weighted by Crippen LogP contribution is -2.52. The van der Waals surface area contributed by atoms with E-state index in [-0.39, 0.29) is 23.9 Å². The summed E-state index contributed by atoms with van der Waals surface area (Å²) in [5.74, 6) is 0.0157. The van der Waals surface area contributed by atoms with Crippen molar-refractivity contribution >= 4 is 17.7 Å². The van der Waals surface area contributed by atoms with Crippen LogP contribution in [0.4, 0.5) is 19.0 Å². The number of carboxylic acid groups (broad SMARTS) is 1. The molecule has 0 aliphatic carbocycles. The van der Waals surface area contributed by atoms with Crippen LogP contribution in [0.3, 0.4) is 0 Å². The molecule has 1 amide bonds. The summed E-state index contributed by atoms with van der Waals surface area (Å²) in [4.78, 5) is 33.3. The standard InChI is InChI=1S/C27H31F3N4O3/c28-27(29,30)21-7-4-18(5-8-21)23(26(36)37)33-13-11-20(16-33)25(35)34-14-17(15-34)3-9-22-10-6-19-2-1-12-31-24(19)32-22/h4-8,10,17,20,23H,1-3,9,11-16H2,(H,31,32)(H,36,37)/t20-,23+/m1/s1. The second-order valence-corrected chi connectivity index (χ2v) is 10.3. The fraction of sp³-hybridized carbons (Fsp3) is 0.519. The highest BCUT2D eigenvalue weighted by molar-refractivity contribution is 5.81. The van der Waals surface area contributed by atoms with E-state index in [1.807, 2.05) is 4.90 Å². The number of carboxylic acids is 1. The number of likely N-dealkylation sites (tertiary alicyclic amines) is 2. The summed E-state index contributed by atoms with van der Waals surface area (Å²) in [6.45, 7) is 3.03. The smallest absolute Gasteiger partial charge is 0.416 e. The minimum atomic E-state index is -4.48. The number of amides is 1. The number of aromatic nitrogens is 1. The quantitative estimate of drug-likeness (QED) is 0.579. The summed E-state index contributed by atoms with van der Waals surface area (Å²) in [6.07, 6.45) is 0.0754. The Morgan fingerprint density at radius 1 is 1.11 bits per heavy atom. The van der Waals surface area contributed by atoms with Crippen molar-refractivity contribution < 1.29 is 27.9 Å². The number of fused-ring (bicyclic) bond motifs is 1. The van der Waals surface area contributed by atoms with Gasteiger partial charge in [-0.2, -0.15) is 13.2 Å². The predicted octanol–water partition coefficient (Wildman–Crippen LogP) is 4.00. The van der Waals surface area contributed by atoms with Crippen molar-refractivity contribution in [1.29, 1.82) is 0 Å². The predicted molar refractivity (Wildman–Crippen MR) is 131 cm³/mol. The largest absolute Gasteiger partial charge is 0.480 e. The van der Waals surface area contributed by atoms with Crippen LogP contribution < -0.4 is 5.32 Å². The zero-order valence-corrected chi connectivity index (χ0v) is 20.5. The second-order valence-electron chi connectivity index (χ2n) is 10.3. The van der Waals surface area contributed by atoms with E-state index >= 15 is 0 Å². The third-order valence-electron chi connectivity index (χ3n) is 7.75. The molecule has 4 heterocycles. The summed E-state index contributed by atoms with van der Waals surface area (Å²) in [5, 5.41) is 13.2. The van der Waals surface area contributed by atoms with Gasteiger partial charge in [-0.15, -0.1) is 0 Å². The van der Waals surface area contributed by atoms with Gasteiger partial charge in [0.25, 0.3) is 0 Å². The van der Waals surface area contributed by atoms with Crippen LogP contribution in [0.2, 0.25) is 0 Å². The molecule has 0 saturated carbocycles. The SMILES string of the molecule is O=C(O)[C@H](c1ccc(C(F)(F)F)cc1)N1CC[C@@H](C(=O)N2CC(CCc3ccc4c(n3)NCCC4)C2)C1. The van der Waals surface area contributed by atoms with Crippen molar-refractivity contribution in [2.24, 2.45) is 11.8 Å². The van der Waals surface area contributed by atoms with Crippen molar-refractivity contribution in [2.45, 2.75) is 44.3 Å². The molecular formula is C27H31F3N4O3. The molecule has 0 bridgehead atoms. The van der Waals surface area contributed by atoms with E-state index in [4.69, 9.17) is 4.98 Å². The van der Waals surface area contributed by atoms with Crippen LogP contribution >= 0.6 is 0 Å². The van der Waals surface area contributed by atoms with Crippen molar-refractivity contribution in [3.05, 3.63) is 58.8 Å². The number of pyridine rings is 1.